The number of hydrogen-bond acceptors (Lipinski definition) is 11. The molecule has 4 aromatic heterocycles. The summed E-state index contributed by atoms with van der Waals surface area (Å²) in [4.78, 5) is 59.3. The summed E-state index contributed by atoms with van der Waals surface area (Å²) in [7, 11) is 0. The Balaban J connectivity index is 1.27. The number of piperazine rings is 1. The van der Waals surface area contributed by atoms with E-state index in [4.69, 9.17) is 21.3 Å². The highest BCUT2D eigenvalue weighted by molar-refractivity contribution is 7.15. The van der Waals surface area contributed by atoms with Crippen LogP contribution in [0.15, 0.2) is 35.4 Å². The average molecular weight is 772 g/mol. The molecule has 2 aliphatic rings. The maximum Gasteiger partial charge on any atom is 0.416 e. The second kappa shape index (κ2) is 14.1. The molecule has 1 fully saturated rings. The number of thiophene rings is 1. The van der Waals surface area contributed by atoms with E-state index in [0.717, 1.165) is 44.5 Å². The molecule has 7 rings (SSSR count). The molecule has 1 atom stereocenters. The van der Waals surface area contributed by atoms with Crippen molar-refractivity contribution in [2.75, 3.05) is 36.5 Å². The lowest BCUT2D eigenvalue weighted by atomic mass is 10.1. The number of nitrogens with zero attached hydrogens (tertiary/aromatic N) is 8. The Kier molecular flexibility index (Phi) is 9.62. The molecule has 0 aliphatic carbocycles. The number of benzene rings is 1. The van der Waals surface area contributed by atoms with Crippen molar-refractivity contribution in [3.63, 3.8) is 0 Å². The number of aryl methyl sites for hydroxylation is 1. The van der Waals surface area contributed by atoms with Crippen molar-refractivity contribution < 1.29 is 32.6 Å². The SMILES string of the molecule is CCc1c(N2CCN(C(=O)c3ncnc(C)c3O)C(C)C2)c(=O)n2nc(-c3cc4c(s3)COCC4)nc2n1CC(=O)Nc1ccc(C(F)(F)F)cc1Cl. The molecule has 2 amide bonds. The molecule has 0 bridgehead atoms. The van der Waals surface area contributed by atoms with Gasteiger partial charge in [0.15, 0.2) is 17.3 Å². The fraction of sp³-hybridized carbons (Fsp3) is 0.382. The number of nitrogens with one attached hydrogen (secondary N) is 1. The lowest BCUT2D eigenvalue weighted by molar-refractivity contribution is -0.137. The zero-order valence-corrected chi connectivity index (χ0v) is 30.3. The van der Waals surface area contributed by atoms with Crippen molar-refractivity contribution in [1.82, 2.24) is 34.0 Å². The number of aromatic hydroxyl groups is 1. The van der Waals surface area contributed by atoms with Gasteiger partial charge < -0.3 is 29.5 Å². The minimum Gasteiger partial charge on any atom is -0.504 e. The first-order chi connectivity index (χ1) is 25.2. The van der Waals surface area contributed by atoms with Crippen LogP contribution < -0.4 is 15.8 Å². The molecule has 19 heteroatoms. The smallest absolute Gasteiger partial charge is 0.416 e. The third-order valence-electron chi connectivity index (χ3n) is 9.31. The number of hydrogen-bond donors (Lipinski definition) is 2. The number of halogens is 4. The largest absolute Gasteiger partial charge is 0.504 e. The fourth-order valence-electron chi connectivity index (χ4n) is 6.64. The molecular weight excluding hydrogens is 739 g/mol. The summed E-state index contributed by atoms with van der Waals surface area (Å²) in [5.74, 6) is -1.03. The Hall–Kier alpha value is -5.07. The van der Waals surface area contributed by atoms with E-state index in [-0.39, 0.29) is 77.7 Å². The highest BCUT2D eigenvalue weighted by atomic mass is 35.5. The predicted molar refractivity (Wildman–Crippen MR) is 190 cm³/mol. The molecule has 0 spiro atoms. The van der Waals surface area contributed by atoms with Gasteiger partial charge in [0.1, 0.15) is 18.6 Å². The number of alkyl halides is 3. The standard InChI is InChI=1S/C34H33ClF3N9O5S/c1-4-23-28(44-8-9-45(17(2)13-44)31(50)27-29(49)18(3)39-16-40-27)32(51)47-33(42-30(43-47)24-11-19-7-10-52-15-25(19)53-24)46(23)14-26(48)41-22-6-5-20(12-21(22)35)34(36,37)38/h5-6,11-12,16-17,49H,4,7-10,13-15H2,1-3H3,(H,41,48). The summed E-state index contributed by atoms with van der Waals surface area (Å²) in [5.41, 5.74) is 0.529. The van der Waals surface area contributed by atoms with Crippen LogP contribution in [-0.2, 0) is 41.7 Å². The van der Waals surface area contributed by atoms with Crippen LogP contribution in [0.5, 0.6) is 5.75 Å². The van der Waals surface area contributed by atoms with Crippen molar-refractivity contribution in [3.05, 3.63) is 79.1 Å². The molecule has 0 radical (unpaired) electrons. The molecule has 278 valence electrons. The van der Waals surface area contributed by atoms with Gasteiger partial charge in [-0.3, -0.25) is 14.4 Å². The van der Waals surface area contributed by atoms with E-state index in [1.54, 1.807) is 16.4 Å². The quantitative estimate of drug-likeness (QED) is 0.237. The van der Waals surface area contributed by atoms with E-state index >= 15 is 0 Å². The second-order valence-corrected chi connectivity index (χ2v) is 14.3. The van der Waals surface area contributed by atoms with Crippen LogP contribution in [0.4, 0.5) is 24.5 Å². The van der Waals surface area contributed by atoms with Gasteiger partial charge in [-0.15, -0.1) is 16.4 Å². The van der Waals surface area contributed by atoms with Gasteiger partial charge in [-0.2, -0.15) is 22.7 Å². The second-order valence-electron chi connectivity index (χ2n) is 12.7. The molecule has 14 nitrogen and oxygen atoms in total. The van der Waals surface area contributed by atoms with Gasteiger partial charge in [0.25, 0.3) is 11.5 Å². The summed E-state index contributed by atoms with van der Waals surface area (Å²) in [6, 6.07) is 4.18. The number of fused-ring (bicyclic) bond motifs is 2. The van der Waals surface area contributed by atoms with E-state index in [1.165, 1.54) is 17.7 Å². The van der Waals surface area contributed by atoms with Crippen LogP contribution in [0.25, 0.3) is 16.5 Å². The molecule has 2 aliphatic heterocycles. The Morgan fingerprint density at radius 3 is 2.68 bits per heavy atom. The summed E-state index contributed by atoms with van der Waals surface area (Å²) in [6.07, 6.45) is -2.40. The average Bonchev–Trinajstić information content (AvgIpc) is 3.76. The zero-order valence-electron chi connectivity index (χ0n) is 28.7. The molecule has 5 aromatic rings. The Labute approximate surface area is 308 Å². The van der Waals surface area contributed by atoms with Crippen LogP contribution >= 0.6 is 22.9 Å². The van der Waals surface area contributed by atoms with E-state index < -0.39 is 35.2 Å². The number of rotatable bonds is 7. The van der Waals surface area contributed by atoms with Crippen molar-refractivity contribution >= 4 is 51.9 Å². The Bertz CT molecular complexity index is 2300. The summed E-state index contributed by atoms with van der Waals surface area (Å²) in [5, 5.41) is 17.4. The molecule has 1 aromatic carbocycles. The molecule has 1 unspecified atom stereocenters. The minimum atomic E-state index is -4.62. The maximum absolute atomic E-state index is 14.4. The van der Waals surface area contributed by atoms with Gasteiger partial charge in [-0.05, 0) is 56.5 Å². The van der Waals surface area contributed by atoms with Gasteiger partial charge >= 0.3 is 6.18 Å². The van der Waals surface area contributed by atoms with Crippen molar-refractivity contribution in [2.45, 2.75) is 59.0 Å². The monoisotopic (exact) mass is 771 g/mol. The molecule has 53 heavy (non-hydrogen) atoms. The normalized spacial score (nSPS) is 16.2. The molecular formula is C34H33ClF3N9O5S. The lowest BCUT2D eigenvalue weighted by Gasteiger charge is -2.41. The fourth-order valence-corrected chi connectivity index (χ4v) is 7.95. The number of aromatic nitrogens is 6. The third kappa shape index (κ3) is 6.81. The van der Waals surface area contributed by atoms with Crippen LogP contribution in [0, 0.1) is 6.92 Å². The number of ether oxygens (including phenoxy) is 1. The van der Waals surface area contributed by atoms with Crippen LogP contribution in [-0.4, -0.2) is 83.2 Å². The predicted octanol–water partition coefficient (Wildman–Crippen LogP) is 4.72. The van der Waals surface area contributed by atoms with E-state index in [2.05, 4.69) is 20.4 Å². The van der Waals surface area contributed by atoms with Gasteiger partial charge in [0.2, 0.25) is 11.7 Å². The first kappa shape index (κ1) is 36.3. The van der Waals surface area contributed by atoms with Gasteiger partial charge in [-0.1, -0.05) is 18.5 Å². The highest BCUT2D eigenvalue weighted by Crippen LogP contribution is 2.35. The highest BCUT2D eigenvalue weighted by Gasteiger charge is 2.35. The van der Waals surface area contributed by atoms with Crippen LogP contribution in [0.2, 0.25) is 5.02 Å². The lowest BCUT2D eigenvalue weighted by Crippen LogP contribution is -2.55. The number of carbonyl (C=O) groups is 2. The molecule has 2 N–H and O–H groups in total. The zero-order chi connectivity index (χ0) is 37.8. The number of amides is 2. The Morgan fingerprint density at radius 2 is 1.98 bits per heavy atom. The van der Waals surface area contributed by atoms with Crippen molar-refractivity contribution in [2.24, 2.45) is 0 Å². The van der Waals surface area contributed by atoms with Crippen molar-refractivity contribution in [1.29, 1.82) is 0 Å². The molecule has 0 saturated carbocycles. The van der Waals surface area contributed by atoms with Crippen LogP contribution in [0.1, 0.15) is 51.7 Å². The van der Waals surface area contributed by atoms with Gasteiger partial charge in [0, 0.05) is 30.6 Å². The van der Waals surface area contributed by atoms with Gasteiger partial charge in [0.05, 0.1) is 45.8 Å². The minimum absolute atomic E-state index is 0.0203. The summed E-state index contributed by atoms with van der Waals surface area (Å²) < 4.78 is 48.1. The van der Waals surface area contributed by atoms with E-state index in [0.29, 0.717) is 18.9 Å². The topological polar surface area (TPSA) is 160 Å². The van der Waals surface area contributed by atoms with Gasteiger partial charge in [-0.25, -0.2) is 9.97 Å². The van der Waals surface area contributed by atoms with Crippen LogP contribution in [0.3, 0.4) is 0 Å². The summed E-state index contributed by atoms with van der Waals surface area (Å²) in [6.45, 7) is 6.49. The third-order valence-corrected chi connectivity index (χ3v) is 10.8. The Morgan fingerprint density at radius 1 is 1.19 bits per heavy atom. The van der Waals surface area contributed by atoms with E-state index in [1.807, 2.05) is 24.8 Å². The number of anilines is 2. The molecule has 6 heterocycles. The first-order valence-corrected chi connectivity index (χ1v) is 17.9. The van der Waals surface area contributed by atoms with Crippen molar-refractivity contribution in [3.8, 4) is 16.5 Å². The first-order valence-electron chi connectivity index (χ1n) is 16.7. The maximum atomic E-state index is 14.4. The molecule has 1 saturated heterocycles. The number of carbonyl (C=O) groups excluding carboxylic acids is 2. The van der Waals surface area contributed by atoms with E-state index in [9.17, 15) is 32.7 Å². The summed E-state index contributed by atoms with van der Waals surface area (Å²) >= 11 is 7.61.